The van der Waals surface area contributed by atoms with Gasteiger partial charge in [-0.15, -0.1) is 0 Å². The third-order valence-electron chi connectivity index (χ3n) is 4.44. The van der Waals surface area contributed by atoms with Gasteiger partial charge in [0.05, 0.1) is 34.1 Å². The summed E-state index contributed by atoms with van der Waals surface area (Å²) < 4.78 is 55.3. The van der Waals surface area contributed by atoms with E-state index in [1.54, 1.807) is 47.1 Å². The minimum atomic E-state index is -3.75. The van der Waals surface area contributed by atoms with Crippen LogP contribution < -0.4 is 4.74 Å². The van der Waals surface area contributed by atoms with Crippen molar-refractivity contribution in [3.8, 4) is 17.1 Å². The Morgan fingerprint density at radius 2 is 2.09 bits per heavy atom. The van der Waals surface area contributed by atoms with E-state index in [4.69, 9.17) is 27.9 Å². The second-order valence-corrected chi connectivity index (χ2v) is 9.85. The number of fused-ring (bicyclic) bond motifs is 1. The zero-order valence-electron chi connectivity index (χ0n) is 16.6. The number of aromatic nitrogens is 4. The molecular formula is C19H15Cl2F2N5O3S. The van der Waals surface area contributed by atoms with Crippen LogP contribution in [0.5, 0.6) is 5.75 Å². The molecule has 0 amide bonds. The summed E-state index contributed by atoms with van der Waals surface area (Å²) in [5.41, 5.74) is 1.42. The predicted molar refractivity (Wildman–Crippen MR) is 115 cm³/mol. The molecule has 168 valence electrons. The van der Waals surface area contributed by atoms with Crippen molar-refractivity contribution in [1.82, 2.24) is 19.5 Å². The van der Waals surface area contributed by atoms with Crippen LogP contribution in [0.2, 0.25) is 5.02 Å². The number of imidazole rings is 1. The van der Waals surface area contributed by atoms with Crippen LogP contribution in [0.15, 0.2) is 56.5 Å². The van der Waals surface area contributed by atoms with Gasteiger partial charge >= 0.3 is 11.3 Å². The molecule has 32 heavy (non-hydrogen) atoms. The van der Waals surface area contributed by atoms with E-state index in [9.17, 15) is 13.0 Å². The molecule has 0 aliphatic heterocycles. The number of ether oxygens (including phenoxy) is 1. The van der Waals surface area contributed by atoms with Crippen LogP contribution in [0.3, 0.4) is 0 Å². The first kappa shape index (κ1) is 22.4. The smallest absolute Gasteiger partial charge is 0.400 e. The molecule has 1 atom stereocenters. The van der Waals surface area contributed by atoms with Crippen molar-refractivity contribution in [3.63, 3.8) is 0 Å². The number of alkyl halides is 3. The lowest BCUT2D eigenvalue weighted by atomic mass is 10.2. The number of benzene rings is 1. The Morgan fingerprint density at radius 3 is 2.78 bits per heavy atom. The Hall–Kier alpha value is -2.76. The minimum absolute atomic E-state index is 0.0472. The Labute approximate surface area is 191 Å². The zero-order valence-corrected chi connectivity index (χ0v) is 19.0. The van der Waals surface area contributed by atoms with Gasteiger partial charge in [-0.05, 0) is 35.9 Å². The van der Waals surface area contributed by atoms with Gasteiger partial charge in [0.15, 0.2) is 0 Å². The van der Waals surface area contributed by atoms with Crippen molar-refractivity contribution in [2.45, 2.75) is 16.8 Å². The maximum Gasteiger partial charge on any atom is 0.400 e. The molecule has 0 aliphatic rings. The number of hydrogen-bond donors (Lipinski definition) is 0. The first-order valence-corrected chi connectivity index (χ1v) is 11.7. The Bertz CT molecular complexity index is 1420. The molecule has 1 unspecified atom stereocenters. The van der Waals surface area contributed by atoms with E-state index in [0.29, 0.717) is 32.6 Å². The van der Waals surface area contributed by atoms with E-state index >= 15 is 0 Å². The monoisotopic (exact) mass is 501 g/mol. The Balaban J connectivity index is 1.64. The summed E-state index contributed by atoms with van der Waals surface area (Å²) in [5.74, 6) is -0.667. The van der Waals surface area contributed by atoms with E-state index in [0.717, 1.165) is 0 Å². The summed E-state index contributed by atoms with van der Waals surface area (Å²) in [6, 6.07) is 8.17. The van der Waals surface area contributed by atoms with Crippen LogP contribution in [0.4, 0.5) is 8.78 Å². The fourth-order valence-corrected chi connectivity index (χ4v) is 5.11. The molecule has 1 aromatic carbocycles. The largest absolute Gasteiger partial charge is 0.495 e. The average molecular weight is 502 g/mol. The number of nitrogens with zero attached hydrogens (tertiary/aromatic N) is 5. The van der Waals surface area contributed by atoms with Gasteiger partial charge in [0.1, 0.15) is 16.3 Å². The highest BCUT2D eigenvalue weighted by molar-refractivity contribution is 7.93. The third-order valence-corrected chi connectivity index (χ3v) is 6.83. The quantitative estimate of drug-likeness (QED) is 0.345. The molecule has 13 heteroatoms. The van der Waals surface area contributed by atoms with Crippen molar-refractivity contribution in [3.05, 3.63) is 59.3 Å². The number of hydrogen-bond acceptors (Lipinski definition) is 7. The number of methoxy groups -OCH3 is 1. The maximum absolute atomic E-state index is 13.2. The molecule has 0 saturated heterocycles. The lowest BCUT2D eigenvalue weighted by Crippen LogP contribution is -2.03. The van der Waals surface area contributed by atoms with Gasteiger partial charge in [-0.25, -0.2) is 13.6 Å². The molecule has 0 N–H and O–H groups in total. The van der Waals surface area contributed by atoms with Crippen LogP contribution in [-0.4, -0.2) is 37.1 Å². The summed E-state index contributed by atoms with van der Waals surface area (Å²) in [7, 11) is -1.42. The van der Waals surface area contributed by atoms with Crippen molar-refractivity contribution in [1.29, 1.82) is 0 Å². The standard InChI is InChI=1S/C19H15Cl2F2N5O3S/c1-30-14-5-3-4-13(20)16(14)32(2,29)24-9-12-10-28-7-6-11(8-15(28)25-12)17-26-18(31-27-17)19(21,22)23/h3-8,10H,9H2,1-2H3. The molecule has 0 aliphatic carbocycles. The van der Waals surface area contributed by atoms with Gasteiger partial charge in [-0.1, -0.05) is 22.8 Å². The Morgan fingerprint density at radius 1 is 1.31 bits per heavy atom. The van der Waals surface area contributed by atoms with Crippen LogP contribution in [0.25, 0.3) is 17.0 Å². The average Bonchev–Trinajstić information content (AvgIpc) is 3.38. The van der Waals surface area contributed by atoms with E-state index in [-0.39, 0.29) is 12.4 Å². The van der Waals surface area contributed by atoms with E-state index in [1.807, 2.05) is 0 Å². The van der Waals surface area contributed by atoms with Gasteiger partial charge in [-0.2, -0.15) is 13.8 Å². The van der Waals surface area contributed by atoms with Crippen LogP contribution in [0, 0.1) is 0 Å². The summed E-state index contributed by atoms with van der Waals surface area (Å²) in [6.07, 6.45) is 4.83. The molecular weight excluding hydrogens is 487 g/mol. The van der Waals surface area contributed by atoms with Gasteiger partial charge < -0.3 is 13.7 Å². The topological polar surface area (TPSA) is 94.9 Å². The van der Waals surface area contributed by atoms with Crippen LogP contribution >= 0.6 is 23.2 Å². The van der Waals surface area contributed by atoms with Gasteiger partial charge in [0, 0.05) is 24.2 Å². The zero-order chi connectivity index (χ0) is 23.1. The SMILES string of the molecule is COc1cccc(Cl)c1S(C)(=O)=NCc1cn2ccc(-c3noc(C(F)(F)Cl)n3)cc2n1. The maximum atomic E-state index is 13.2. The molecule has 3 heterocycles. The second kappa shape index (κ2) is 8.30. The normalized spacial score (nSPS) is 13.8. The second-order valence-electron chi connectivity index (χ2n) is 6.69. The molecule has 0 spiro atoms. The highest BCUT2D eigenvalue weighted by Crippen LogP contribution is 2.33. The number of pyridine rings is 1. The molecule has 4 rings (SSSR count). The lowest BCUT2D eigenvalue weighted by molar-refractivity contribution is 0.0551. The molecule has 0 saturated carbocycles. The molecule has 0 fully saturated rings. The lowest BCUT2D eigenvalue weighted by Gasteiger charge is -2.11. The van der Waals surface area contributed by atoms with Crippen LogP contribution in [-0.2, 0) is 21.7 Å². The van der Waals surface area contributed by atoms with E-state index in [1.165, 1.54) is 13.4 Å². The fourth-order valence-electron chi connectivity index (χ4n) is 2.98. The summed E-state index contributed by atoms with van der Waals surface area (Å²) in [6.45, 7) is 0.0472. The first-order chi connectivity index (χ1) is 15.1. The summed E-state index contributed by atoms with van der Waals surface area (Å²) >= 11 is 11.1. The van der Waals surface area contributed by atoms with E-state index < -0.39 is 21.0 Å². The van der Waals surface area contributed by atoms with Gasteiger partial charge in [0.25, 0.3) is 0 Å². The predicted octanol–water partition coefficient (Wildman–Crippen LogP) is 4.99. The fraction of sp³-hybridized carbons (Fsp3) is 0.211. The highest BCUT2D eigenvalue weighted by atomic mass is 35.5. The summed E-state index contributed by atoms with van der Waals surface area (Å²) in [5, 5.41) is 0.0636. The van der Waals surface area contributed by atoms with E-state index in [2.05, 4.69) is 24.0 Å². The highest BCUT2D eigenvalue weighted by Gasteiger charge is 2.35. The minimum Gasteiger partial charge on any atom is -0.495 e. The summed E-state index contributed by atoms with van der Waals surface area (Å²) in [4.78, 5) is 8.37. The Kier molecular flexibility index (Phi) is 5.82. The van der Waals surface area contributed by atoms with Crippen molar-refractivity contribution < 1.29 is 22.2 Å². The molecule has 0 radical (unpaired) electrons. The molecule has 4 aromatic rings. The number of rotatable bonds is 6. The van der Waals surface area contributed by atoms with Crippen molar-refractivity contribution in [2.75, 3.05) is 13.4 Å². The number of halogens is 4. The molecule has 8 nitrogen and oxygen atoms in total. The van der Waals surface area contributed by atoms with Gasteiger partial charge in [0.2, 0.25) is 5.82 Å². The first-order valence-electron chi connectivity index (χ1n) is 8.98. The van der Waals surface area contributed by atoms with Crippen molar-refractivity contribution in [2.24, 2.45) is 4.36 Å². The molecule has 3 aromatic heterocycles. The van der Waals surface area contributed by atoms with Crippen LogP contribution in [0.1, 0.15) is 11.6 Å². The molecule has 0 bridgehead atoms. The third kappa shape index (κ3) is 4.41. The van der Waals surface area contributed by atoms with Crippen molar-refractivity contribution >= 4 is 38.6 Å². The van der Waals surface area contributed by atoms with Gasteiger partial charge in [-0.3, -0.25) is 0 Å².